The maximum absolute atomic E-state index is 12.0. The predicted molar refractivity (Wildman–Crippen MR) is 100 cm³/mol. The summed E-state index contributed by atoms with van der Waals surface area (Å²) in [5, 5.41) is 3.52. The van der Waals surface area contributed by atoms with Gasteiger partial charge in [-0.3, -0.25) is 9.69 Å². The number of halogens is 2. The molecular weight excluding hydrogens is 349 g/mol. The summed E-state index contributed by atoms with van der Waals surface area (Å²) in [6.45, 7) is 7.33. The van der Waals surface area contributed by atoms with Crippen LogP contribution in [0, 0.1) is 5.41 Å². The third-order valence-corrected chi connectivity index (χ3v) is 4.48. The molecule has 1 aromatic carbocycles. The van der Waals surface area contributed by atoms with Crippen molar-refractivity contribution >= 4 is 29.9 Å². The highest BCUT2D eigenvalue weighted by molar-refractivity contribution is 6.30. The predicted octanol–water partition coefficient (Wildman–Crippen LogP) is 2.32. The van der Waals surface area contributed by atoms with E-state index in [1.807, 2.05) is 12.1 Å². The summed E-state index contributed by atoms with van der Waals surface area (Å²) in [6, 6.07) is 7.42. The first-order valence-electron chi connectivity index (χ1n) is 8.00. The fraction of sp³-hybridized carbons (Fsp3) is 0.588. The molecule has 7 heteroatoms. The molecule has 0 bridgehead atoms. The van der Waals surface area contributed by atoms with Gasteiger partial charge < -0.3 is 15.8 Å². The van der Waals surface area contributed by atoms with E-state index < -0.39 is 0 Å². The van der Waals surface area contributed by atoms with Crippen LogP contribution in [0.2, 0.25) is 5.02 Å². The van der Waals surface area contributed by atoms with Crippen molar-refractivity contribution < 1.29 is 9.53 Å². The molecule has 1 unspecified atom stereocenters. The third kappa shape index (κ3) is 6.48. The Morgan fingerprint density at radius 1 is 1.50 bits per heavy atom. The number of likely N-dealkylation sites (tertiary alicyclic amines) is 1. The molecule has 1 atom stereocenters. The molecule has 24 heavy (non-hydrogen) atoms. The van der Waals surface area contributed by atoms with E-state index in [9.17, 15) is 4.79 Å². The first-order valence-corrected chi connectivity index (χ1v) is 8.37. The van der Waals surface area contributed by atoms with Gasteiger partial charge in [-0.25, -0.2) is 0 Å². The lowest BCUT2D eigenvalue weighted by Gasteiger charge is -2.42. The van der Waals surface area contributed by atoms with E-state index >= 15 is 0 Å². The van der Waals surface area contributed by atoms with Gasteiger partial charge in [0.05, 0.1) is 13.1 Å². The molecule has 1 fully saturated rings. The molecule has 5 nitrogen and oxygen atoms in total. The van der Waals surface area contributed by atoms with Crippen molar-refractivity contribution in [2.75, 3.05) is 32.8 Å². The van der Waals surface area contributed by atoms with Crippen molar-refractivity contribution in [3.8, 4) is 5.75 Å². The second-order valence-corrected chi connectivity index (χ2v) is 7.19. The summed E-state index contributed by atoms with van der Waals surface area (Å²) in [5.41, 5.74) is 6.17. The number of carbonyl (C=O) groups is 1. The SMILES string of the molecule is CC1(C)CN(CC(=O)NCCOc2cccc(Cl)c2)CCC1N.Cl. The van der Waals surface area contributed by atoms with Gasteiger partial charge in [-0.05, 0) is 30.0 Å². The lowest BCUT2D eigenvalue weighted by atomic mass is 9.80. The van der Waals surface area contributed by atoms with Gasteiger partial charge in [0, 0.05) is 24.2 Å². The third-order valence-electron chi connectivity index (χ3n) is 4.25. The fourth-order valence-electron chi connectivity index (χ4n) is 2.80. The smallest absolute Gasteiger partial charge is 0.234 e. The lowest BCUT2D eigenvalue weighted by molar-refractivity contribution is -0.123. The van der Waals surface area contributed by atoms with Gasteiger partial charge in [0.15, 0.2) is 0 Å². The average Bonchev–Trinajstić information content (AvgIpc) is 2.47. The van der Waals surface area contributed by atoms with E-state index in [1.54, 1.807) is 12.1 Å². The number of hydrogen-bond donors (Lipinski definition) is 2. The second-order valence-electron chi connectivity index (χ2n) is 6.75. The molecule has 1 amide bonds. The Labute approximate surface area is 155 Å². The number of piperidine rings is 1. The van der Waals surface area contributed by atoms with Crippen LogP contribution < -0.4 is 15.8 Å². The van der Waals surface area contributed by atoms with Crippen LogP contribution >= 0.6 is 24.0 Å². The van der Waals surface area contributed by atoms with E-state index in [-0.39, 0.29) is 29.8 Å². The summed E-state index contributed by atoms with van der Waals surface area (Å²) in [5.74, 6) is 0.726. The number of amides is 1. The number of nitrogens with one attached hydrogen (secondary N) is 1. The Hall–Kier alpha value is -1.01. The summed E-state index contributed by atoms with van der Waals surface area (Å²) in [7, 11) is 0. The number of hydrogen-bond acceptors (Lipinski definition) is 4. The molecule has 0 spiro atoms. The van der Waals surface area contributed by atoms with Gasteiger partial charge in [0.2, 0.25) is 5.91 Å². The van der Waals surface area contributed by atoms with Gasteiger partial charge in [-0.1, -0.05) is 31.5 Å². The zero-order valence-electron chi connectivity index (χ0n) is 14.3. The van der Waals surface area contributed by atoms with Crippen LogP contribution in [-0.4, -0.2) is 49.6 Å². The zero-order valence-corrected chi connectivity index (χ0v) is 15.8. The summed E-state index contributed by atoms with van der Waals surface area (Å²) in [4.78, 5) is 14.2. The quantitative estimate of drug-likeness (QED) is 0.748. The molecule has 2 rings (SSSR count). The molecule has 0 aliphatic carbocycles. The van der Waals surface area contributed by atoms with E-state index in [2.05, 4.69) is 24.1 Å². The molecule has 1 heterocycles. The molecule has 0 radical (unpaired) electrons. The Kier molecular flexibility index (Phi) is 8.30. The minimum Gasteiger partial charge on any atom is -0.492 e. The normalized spacial score (nSPS) is 20.1. The van der Waals surface area contributed by atoms with Crippen molar-refractivity contribution in [3.63, 3.8) is 0 Å². The van der Waals surface area contributed by atoms with Crippen LogP contribution in [0.25, 0.3) is 0 Å². The van der Waals surface area contributed by atoms with E-state index in [4.69, 9.17) is 22.1 Å². The molecule has 0 saturated carbocycles. The van der Waals surface area contributed by atoms with E-state index in [0.29, 0.717) is 30.5 Å². The number of carbonyl (C=O) groups excluding carboxylic acids is 1. The number of nitrogens with two attached hydrogens (primary N) is 1. The first-order chi connectivity index (χ1) is 10.9. The molecule has 1 aliphatic heterocycles. The highest BCUT2D eigenvalue weighted by Crippen LogP contribution is 2.27. The number of ether oxygens (including phenoxy) is 1. The van der Waals surface area contributed by atoms with Crippen LogP contribution in [-0.2, 0) is 4.79 Å². The standard InChI is InChI=1S/C17H26ClN3O2.ClH/c1-17(2)12-21(8-6-15(17)19)11-16(22)20-7-9-23-14-5-3-4-13(18)10-14;/h3-5,10,15H,6-9,11-12,19H2,1-2H3,(H,20,22);1H. The molecule has 3 N–H and O–H groups in total. The van der Waals surface area contributed by atoms with Crippen LogP contribution in [0.1, 0.15) is 20.3 Å². The molecule has 0 aromatic heterocycles. The van der Waals surface area contributed by atoms with Crippen molar-refractivity contribution in [2.45, 2.75) is 26.3 Å². The maximum Gasteiger partial charge on any atom is 0.234 e. The maximum atomic E-state index is 12.0. The topological polar surface area (TPSA) is 67.6 Å². The Morgan fingerprint density at radius 2 is 2.25 bits per heavy atom. The van der Waals surface area contributed by atoms with Crippen LogP contribution in [0.3, 0.4) is 0 Å². The van der Waals surface area contributed by atoms with Crippen molar-refractivity contribution in [1.82, 2.24) is 10.2 Å². The zero-order chi connectivity index (χ0) is 16.9. The summed E-state index contributed by atoms with van der Waals surface area (Å²) < 4.78 is 5.55. The Bertz CT molecular complexity index is 540. The minimum atomic E-state index is 0. The summed E-state index contributed by atoms with van der Waals surface area (Å²) in [6.07, 6.45) is 0.929. The first kappa shape index (κ1) is 21.0. The van der Waals surface area contributed by atoms with Crippen molar-refractivity contribution in [3.05, 3.63) is 29.3 Å². The van der Waals surface area contributed by atoms with Crippen LogP contribution in [0.4, 0.5) is 0 Å². The van der Waals surface area contributed by atoms with Gasteiger partial charge in [0.25, 0.3) is 0 Å². The average molecular weight is 376 g/mol. The Balaban J connectivity index is 0.00000288. The monoisotopic (exact) mass is 375 g/mol. The number of benzene rings is 1. The highest BCUT2D eigenvalue weighted by Gasteiger charge is 2.33. The molecule has 1 aromatic rings. The Morgan fingerprint density at radius 3 is 2.92 bits per heavy atom. The van der Waals surface area contributed by atoms with E-state index in [1.165, 1.54) is 0 Å². The van der Waals surface area contributed by atoms with Crippen molar-refractivity contribution in [2.24, 2.45) is 11.1 Å². The largest absolute Gasteiger partial charge is 0.492 e. The van der Waals surface area contributed by atoms with Gasteiger partial charge >= 0.3 is 0 Å². The van der Waals surface area contributed by atoms with E-state index in [0.717, 1.165) is 19.5 Å². The number of rotatable bonds is 6. The van der Waals surface area contributed by atoms with Crippen molar-refractivity contribution in [1.29, 1.82) is 0 Å². The number of nitrogens with zero attached hydrogens (tertiary/aromatic N) is 1. The van der Waals surface area contributed by atoms with Crippen LogP contribution in [0.15, 0.2) is 24.3 Å². The van der Waals surface area contributed by atoms with Gasteiger partial charge in [-0.15, -0.1) is 12.4 Å². The highest BCUT2D eigenvalue weighted by atomic mass is 35.5. The summed E-state index contributed by atoms with van der Waals surface area (Å²) >= 11 is 5.89. The molecule has 1 saturated heterocycles. The lowest BCUT2D eigenvalue weighted by Crippen LogP contribution is -2.54. The fourth-order valence-corrected chi connectivity index (χ4v) is 2.98. The second kappa shape index (κ2) is 9.47. The van der Waals surface area contributed by atoms with Gasteiger partial charge in [0.1, 0.15) is 12.4 Å². The molecular formula is C17H27Cl2N3O2. The minimum absolute atomic E-state index is 0. The molecule has 136 valence electrons. The molecule has 1 aliphatic rings. The van der Waals surface area contributed by atoms with Gasteiger partial charge in [-0.2, -0.15) is 0 Å². The van der Waals surface area contributed by atoms with Crippen LogP contribution in [0.5, 0.6) is 5.75 Å².